The average Bonchev–Trinajstić information content (AvgIpc) is 2.85. The van der Waals surface area contributed by atoms with E-state index in [1.54, 1.807) is 0 Å². The third kappa shape index (κ3) is 4.04. The van der Waals surface area contributed by atoms with Gasteiger partial charge in [0.05, 0.1) is 0 Å². The van der Waals surface area contributed by atoms with Gasteiger partial charge in [0.15, 0.2) is 0 Å². The number of ketones is 2. The van der Waals surface area contributed by atoms with Crippen LogP contribution in [0.1, 0.15) is 72.6 Å². The van der Waals surface area contributed by atoms with E-state index in [1.807, 2.05) is 13.8 Å². The zero-order chi connectivity index (χ0) is 17.2. The second-order valence-corrected chi connectivity index (χ2v) is 8.67. The first-order valence-corrected chi connectivity index (χ1v) is 9.45. The van der Waals surface area contributed by atoms with Crippen molar-refractivity contribution in [3.05, 3.63) is 0 Å². The zero-order valence-electron chi connectivity index (χ0n) is 15.3. The van der Waals surface area contributed by atoms with Crippen LogP contribution in [0.2, 0.25) is 0 Å². The van der Waals surface area contributed by atoms with E-state index in [1.165, 1.54) is 12.8 Å². The second kappa shape index (κ2) is 7.46. The fraction of sp³-hybridized carbons (Fsp3) is 0.900. The molecule has 2 saturated carbocycles. The molecule has 1 N–H and O–H groups in total. The van der Waals surface area contributed by atoms with Crippen LogP contribution in [0.5, 0.6) is 0 Å². The van der Waals surface area contributed by atoms with E-state index in [-0.39, 0.29) is 29.6 Å². The van der Waals surface area contributed by atoms with Gasteiger partial charge in [0.25, 0.3) is 0 Å². The van der Waals surface area contributed by atoms with Crippen molar-refractivity contribution in [3.63, 3.8) is 0 Å². The van der Waals surface area contributed by atoms with Gasteiger partial charge in [-0.15, -0.1) is 0 Å². The molecule has 0 unspecified atom stereocenters. The summed E-state index contributed by atoms with van der Waals surface area (Å²) in [7, 11) is 0. The molecule has 23 heavy (non-hydrogen) atoms. The van der Waals surface area contributed by atoms with Gasteiger partial charge in [-0.3, -0.25) is 9.59 Å². The van der Waals surface area contributed by atoms with Gasteiger partial charge in [-0.05, 0) is 49.4 Å². The van der Waals surface area contributed by atoms with Crippen LogP contribution < -0.4 is 0 Å². The Labute approximate surface area is 141 Å². The van der Waals surface area contributed by atoms with Crippen LogP contribution in [-0.2, 0) is 9.59 Å². The number of aliphatic hydroxyl groups excluding tert-OH is 1. The lowest BCUT2D eigenvalue weighted by Gasteiger charge is -2.40. The molecule has 3 heteroatoms. The van der Waals surface area contributed by atoms with Crippen molar-refractivity contribution in [2.75, 3.05) is 6.61 Å². The Morgan fingerprint density at radius 2 is 1.96 bits per heavy atom. The summed E-state index contributed by atoms with van der Waals surface area (Å²) < 4.78 is 0. The molecule has 2 rings (SSSR count). The third-order valence-electron chi connectivity index (χ3n) is 6.74. The summed E-state index contributed by atoms with van der Waals surface area (Å²) in [6.45, 7) is 8.47. The third-order valence-corrected chi connectivity index (χ3v) is 6.74. The minimum absolute atomic E-state index is 0.0548. The molecule has 0 aromatic rings. The first-order valence-electron chi connectivity index (χ1n) is 9.45. The van der Waals surface area contributed by atoms with Crippen LogP contribution in [0, 0.1) is 35.0 Å². The highest BCUT2D eigenvalue weighted by Crippen LogP contribution is 2.51. The summed E-state index contributed by atoms with van der Waals surface area (Å²) in [5.41, 5.74) is -0.355. The van der Waals surface area contributed by atoms with Gasteiger partial charge in [0, 0.05) is 30.8 Å². The van der Waals surface area contributed by atoms with Gasteiger partial charge in [-0.25, -0.2) is 0 Å². The summed E-state index contributed by atoms with van der Waals surface area (Å²) in [6.07, 6.45) is 5.90. The molecular formula is C20H34O3. The fourth-order valence-electron chi connectivity index (χ4n) is 4.87. The Balaban J connectivity index is 2.15. The Morgan fingerprint density at radius 1 is 1.26 bits per heavy atom. The molecule has 0 spiro atoms. The molecule has 3 nitrogen and oxygen atoms in total. The molecule has 0 radical (unpaired) electrons. The summed E-state index contributed by atoms with van der Waals surface area (Å²) in [4.78, 5) is 24.9. The normalized spacial score (nSPS) is 38.3. The smallest absolute Gasteiger partial charge is 0.138 e. The van der Waals surface area contributed by atoms with Crippen molar-refractivity contribution in [2.24, 2.45) is 35.0 Å². The van der Waals surface area contributed by atoms with Gasteiger partial charge in [0.1, 0.15) is 11.6 Å². The topological polar surface area (TPSA) is 54.4 Å². The van der Waals surface area contributed by atoms with Crippen LogP contribution in [0.25, 0.3) is 0 Å². The summed E-state index contributed by atoms with van der Waals surface area (Å²) in [5, 5.41) is 9.74. The van der Waals surface area contributed by atoms with Crippen LogP contribution >= 0.6 is 0 Å². The number of hydrogen-bond donors (Lipinski definition) is 1. The lowest BCUT2D eigenvalue weighted by Crippen LogP contribution is -2.38. The molecule has 0 aromatic carbocycles. The van der Waals surface area contributed by atoms with Gasteiger partial charge in [-0.1, -0.05) is 34.1 Å². The number of carbonyl (C=O) groups is 2. The Hall–Kier alpha value is -0.700. The fourth-order valence-corrected chi connectivity index (χ4v) is 4.87. The lowest BCUT2D eigenvalue weighted by molar-refractivity contribution is -0.132. The maximum absolute atomic E-state index is 12.8. The minimum Gasteiger partial charge on any atom is -0.396 e. The average molecular weight is 322 g/mol. The molecule has 0 aromatic heterocycles. The lowest BCUT2D eigenvalue weighted by atomic mass is 9.64. The van der Waals surface area contributed by atoms with Crippen molar-refractivity contribution < 1.29 is 14.7 Å². The van der Waals surface area contributed by atoms with Gasteiger partial charge in [-0.2, -0.15) is 0 Å². The highest BCUT2D eigenvalue weighted by atomic mass is 16.3. The Bertz CT molecular complexity index is 442. The number of hydrogen-bond acceptors (Lipinski definition) is 3. The molecular weight excluding hydrogens is 288 g/mol. The van der Waals surface area contributed by atoms with Crippen LogP contribution in [-0.4, -0.2) is 23.3 Å². The Kier molecular flexibility index (Phi) is 6.05. The number of fused-ring (bicyclic) bond motifs is 1. The van der Waals surface area contributed by atoms with Crippen LogP contribution in [0.15, 0.2) is 0 Å². The molecule has 0 bridgehead atoms. The maximum Gasteiger partial charge on any atom is 0.138 e. The second-order valence-electron chi connectivity index (χ2n) is 8.67. The van der Waals surface area contributed by atoms with Crippen molar-refractivity contribution in [1.29, 1.82) is 0 Å². The molecule has 2 aliphatic carbocycles. The van der Waals surface area contributed by atoms with Crippen LogP contribution in [0.3, 0.4) is 0 Å². The quantitative estimate of drug-likeness (QED) is 0.831. The zero-order valence-corrected chi connectivity index (χ0v) is 15.3. The van der Waals surface area contributed by atoms with E-state index < -0.39 is 0 Å². The molecule has 2 aliphatic rings. The van der Waals surface area contributed by atoms with Gasteiger partial charge in [0.2, 0.25) is 0 Å². The molecule has 0 heterocycles. The molecule has 0 amide bonds. The maximum atomic E-state index is 12.8. The minimum atomic E-state index is -0.355. The number of aliphatic hydroxyl groups is 1. The predicted molar refractivity (Wildman–Crippen MR) is 92.0 cm³/mol. The summed E-state index contributed by atoms with van der Waals surface area (Å²) >= 11 is 0. The van der Waals surface area contributed by atoms with E-state index >= 15 is 0 Å². The highest BCUT2D eigenvalue weighted by Gasteiger charge is 2.46. The van der Waals surface area contributed by atoms with Crippen molar-refractivity contribution in [2.45, 2.75) is 72.6 Å². The van der Waals surface area contributed by atoms with Gasteiger partial charge < -0.3 is 5.11 Å². The van der Waals surface area contributed by atoms with Crippen molar-refractivity contribution in [1.82, 2.24) is 0 Å². The monoisotopic (exact) mass is 322 g/mol. The summed E-state index contributed by atoms with van der Waals surface area (Å²) in [6, 6.07) is 0. The SMILES string of the molecule is CC(C)C(=O)CC[C@]1(C)C[C@H]2[C@H](CC[C@@H]2C)[C@@H](CO)CCC1=O. The molecule has 5 atom stereocenters. The van der Waals surface area contributed by atoms with E-state index in [9.17, 15) is 14.7 Å². The molecule has 0 aliphatic heterocycles. The standard InChI is InChI=1S/C20H34O3/c1-13(2)18(22)9-10-20(4)11-17-14(3)5-7-16(17)15(12-21)6-8-19(20)23/h13-17,21H,5-12H2,1-4H3/t14-,15+,16+,17+,20+/m0/s1. The van der Waals surface area contributed by atoms with Crippen molar-refractivity contribution in [3.8, 4) is 0 Å². The Morgan fingerprint density at radius 3 is 2.57 bits per heavy atom. The molecule has 2 fully saturated rings. The van der Waals surface area contributed by atoms with Crippen LogP contribution in [0.4, 0.5) is 0 Å². The van der Waals surface area contributed by atoms with E-state index in [0.717, 1.165) is 12.8 Å². The van der Waals surface area contributed by atoms with Crippen molar-refractivity contribution >= 4 is 11.6 Å². The van der Waals surface area contributed by atoms with E-state index in [0.29, 0.717) is 42.8 Å². The van der Waals surface area contributed by atoms with E-state index in [2.05, 4.69) is 13.8 Å². The molecule has 0 saturated heterocycles. The first kappa shape index (κ1) is 18.6. The summed E-state index contributed by atoms with van der Waals surface area (Å²) in [5.74, 6) is 2.63. The predicted octanol–water partition coefficient (Wildman–Crippen LogP) is 4.02. The molecule has 132 valence electrons. The highest BCUT2D eigenvalue weighted by molar-refractivity contribution is 5.86. The number of carbonyl (C=O) groups excluding carboxylic acids is 2. The first-order chi connectivity index (χ1) is 10.8. The van der Waals surface area contributed by atoms with Gasteiger partial charge >= 0.3 is 0 Å². The number of Topliss-reactive ketones (excluding diaryl/α,β-unsaturated/α-hetero) is 2. The largest absolute Gasteiger partial charge is 0.396 e. The van der Waals surface area contributed by atoms with E-state index in [4.69, 9.17) is 0 Å². The number of rotatable bonds is 5.